The van der Waals surface area contributed by atoms with Crippen molar-refractivity contribution in [3.05, 3.63) is 12.3 Å². The molecule has 0 aromatic heterocycles. The highest BCUT2D eigenvalue weighted by Crippen LogP contribution is 2.19. The average molecular weight is 387 g/mol. The van der Waals surface area contributed by atoms with Crippen molar-refractivity contribution in [3.8, 4) is 0 Å². The molecule has 160 valence electrons. The highest BCUT2D eigenvalue weighted by atomic mass is 16.6. The van der Waals surface area contributed by atoms with E-state index >= 15 is 0 Å². The fourth-order valence-electron chi connectivity index (χ4n) is 3.50. The molecular weight excluding hydrogens is 344 g/mol. The minimum Gasteiger partial charge on any atom is -0.493 e. The van der Waals surface area contributed by atoms with Crippen molar-refractivity contribution in [2.75, 3.05) is 13.2 Å². The molecule has 3 N–H and O–H groups in total. The van der Waals surface area contributed by atoms with E-state index in [1.54, 1.807) is 6.26 Å². The van der Waals surface area contributed by atoms with E-state index in [1.807, 2.05) is 6.08 Å². The van der Waals surface area contributed by atoms with Gasteiger partial charge in [-0.25, -0.2) is 0 Å². The summed E-state index contributed by atoms with van der Waals surface area (Å²) in [5.74, 6) is 0. The van der Waals surface area contributed by atoms with E-state index in [0.29, 0.717) is 0 Å². The third-order valence-corrected chi connectivity index (χ3v) is 5.31. The number of rotatable bonds is 16. The lowest BCUT2D eigenvalue weighted by molar-refractivity contribution is -0.197. The topological polar surface area (TPSA) is 79.2 Å². The maximum atomic E-state index is 10.0. The lowest BCUT2D eigenvalue weighted by atomic mass is 10.0. The Morgan fingerprint density at radius 2 is 1.44 bits per heavy atom. The van der Waals surface area contributed by atoms with Crippen molar-refractivity contribution in [1.29, 1.82) is 0 Å². The van der Waals surface area contributed by atoms with Gasteiger partial charge in [0.2, 0.25) is 0 Å². The Morgan fingerprint density at radius 1 is 0.889 bits per heavy atom. The predicted molar refractivity (Wildman–Crippen MR) is 109 cm³/mol. The third-order valence-electron chi connectivity index (χ3n) is 5.31. The Bertz CT molecular complexity index is 361. The van der Waals surface area contributed by atoms with Gasteiger partial charge in [-0.3, -0.25) is 0 Å². The third kappa shape index (κ3) is 11.1. The maximum Gasteiger partial charge on any atom is 0.154 e. The second-order valence-corrected chi connectivity index (χ2v) is 7.76. The van der Waals surface area contributed by atoms with Crippen LogP contribution in [0.1, 0.15) is 90.4 Å². The SMILES string of the molecule is CCCCCCCCCCCCCC/C=C/O[C@H]1[C@H](O)[C@@H](CO)OC[C@@H]1O. The van der Waals surface area contributed by atoms with Crippen LogP contribution in [0.3, 0.4) is 0 Å². The van der Waals surface area contributed by atoms with Gasteiger partial charge < -0.3 is 24.8 Å². The largest absolute Gasteiger partial charge is 0.493 e. The molecule has 0 radical (unpaired) electrons. The lowest BCUT2D eigenvalue weighted by Gasteiger charge is -2.36. The first-order valence-electron chi connectivity index (χ1n) is 11.1. The molecule has 1 rings (SSSR count). The van der Waals surface area contributed by atoms with Gasteiger partial charge in [-0.1, -0.05) is 77.6 Å². The standard InChI is InChI=1S/C22H42O5/c1-2-3-4-5-6-7-8-9-10-11-12-13-14-15-16-26-22-19(24)18-27-20(17-23)21(22)25/h15-16,19-25H,2-14,17-18H2,1H3/b16-15+/t19-,20+,21+,22+/m0/s1. The van der Waals surface area contributed by atoms with Crippen molar-refractivity contribution in [1.82, 2.24) is 0 Å². The molecule has 0 amide bonds. The molecule has 0 aromatic rings. The Balaban J connectivity index is 1.93. The number of aliphatic hydroxyl groups is 3. The van der Waals surface area contributed by atoms with Gasteiger partial charge in [-0.2, -0.15) is 0 Å². The number of hydrogen-bond acceptors (Lipinski definition) is 5. The summed E-state index contributed by atoms with van der Waals surface area (Å²) >= 11 is 0. The predicted octanol–water partition coefficient (Wildman–Crippen LogP) is 4.09. The highest BCUT2D eigenvalue weighted by molar-refractivity contribution is 4.89. The number of aliphatic hydroxyl groups excluding tert-OH is 3. The summed E-state index contributed by atoms with van der Waals surface area (Å²) in [7, 11) is 0. The molecule has 0 bridgehead atoms. The van der Waals surface area contributed by atoms with Crippen LogP contribution >= 0.6 is 0 Å². The summed E-state index contributed by atoms with van der Waals surface area (Å²) in [6, 6.07) is 0. The minimum atomic E-state index is -1.02. The van der Waals surface area contributed by atoms with Crippen LogP contribution < -0.4 is 0 Å². The molecule has 1 fully saturated rings. The zero-order valence-corrected chi connectivity index (χ0v) is 17.2. The Kier molecular flexibility index (Phi) is 14.8. The summed E-state index contributed by atoms with van der Waals surface area (Å²) in [4.78, 5) is 0. The van der Waals surface area contributed by atoms with E-state index < -0.39 is 24.4 Å². The lowest BCUT2D eigenvalue weighted by Crippen LogP contribution is -2.54. The van der Waals surface area contributed by atoms with Crippen molar-refractivity contribution in [2.24, 2.45) is 0 Å². The molecule has 1 saturated heterocycles. The molecule has 27 heavy (non-hydrogen) atoms. The van der Waals surface area contributed by atoms with Gasteiger partial charge in [0.1, 0.15) is 18.3 Å². The molecule has 0 aliphatic carbocycles. The van der Waals surface area contributed by atoms with E-state index in [-0.39, 0.29) is 13.2 Å². The fraction of sp³-hybridized carbons (Fsp3) is 0.909. The van der Waals surface area contributed by atoms with Gasteiger partial charge in [0.05, 0.1) is 19.5 Å². The Morgan fingerprint density at radius 3 is 2.00 bits per heavy atom. The quantitative estimate of drug-likeness (QED) is 0.275. The Hall–Kier alpha value is -0.620. The summed E-state index contributed by atoms with van der Waals surface area (Å²) in [6.45, 7) is 2.05. The molecule has 1 heterocycles. The summed E-state index contributed by atoms with van der Waals surface area (Å²) in [5.41, 5.74) is 0. The molecule has 5 nitrogen and oxygen atoms in total. The van der Waals surface area contributed by atoms with Gasteiger partial charge in [0, 0.05) is 0 Å². The smallest absolute Gasteiger partial charge is 0.154 e. The Labute approximate surface area is 165 Å². The molecule has 1 aliphatic heterocycles. The first-order chi connectivity index (χ1) is 13.2. The average Bonchev–Trinajstić information content (AvgIpc) is 2.67. The maximum absolute atomic E-state index is 10.0. The molecule has 0 spiro atoms. The second kappa shape index (κ2) is 16.3. The normalized spacial score (nSPS) is 25.9. The van der Waals surface area contributed by atoms with E-state index in [9.17, 15) is 10.2 Å². The first kappa shape index (κ1) is 24.4. The molecular formula is C22H42O5. The van der Waals surface area contributed by atoms with Crippen molar-refractivity contribution in [2.45, 2.75) is 115 Å². The van der Waals surface area contributed by atoms with Crippen LogP contribution in [0.4, 0.5) is 0 Å². The molecule has 4 atom stereocenters. The van der Waals surface area contributed by atoms with Crippen LogP contribution in [0.25, 0.3) is 0 Å². The summed E-state index contributed by atoms with van der Waals surface area (Å²) < 4.78 is 10.6. The van der Waals surface area contributed by atoms with Crippen LogP contribution in [-0.2, 0) is 9.47 Å². The van der Waals surface area contributed by atoms with Gasteiger partial charge >= 0.3 is 0 Å². The number of ether oxygens (including phenoxy) is 2. The second-order valence-electron chi connectivity index (χ2n) is 7.76. The van der Waals surface area contributed by atoms with Gasteiger partial charge in [0.25, 0.3) is 0 Å². The van der Waals surface area contributed by atoms with E-state index in [4.69, 9.17) is 14.6 Å². The van der Waals surface area contributed by atoms with E-state index in [1.165, 1.54) is 70.6 Å². The molecule has 1 aliphatic rings. The molecule has 0 aromatic carbocycles. The van der Waals surface area contributed by atoms with E-state index in [0.717, 1.165) is 12.8 Å². The van der Waals surface area contributed by atoms with Gasteiger partial charge in [0.15, 0.2) is 6.10 Å². The van der Waals surface area contributed by atoms with Crippen molar-refractivity contribution >= 4 is 0 Å². The van der Waals surface area contributed by atoms with Crippen LogP contribution in [-0.4, -0.2) is 52.9 Å². The van der Waals surface area contributed by atoms with Crippen LogP contribution in [0, 0.1) is 0 Å². The number of unbranched alkanes of at least 4 members (excludes halogenated alkanes) is 12. The van der Waals surface area contributed by atoms with Crippen molar-refractivity contribution in [3.63, 3.8) is 0 Å². The van der Waals surface area contributed by atoms with Crippen molar-refractivity contribution < 1.29 is 24.8 Å². The first-order valence-corrected chi connectivity index (χ1v) is 11.1. The van der Waals surface area contributed by atoms with Gasteiger partial charge in [-0.15, -0.1) is 0 Å². The molecule has 0 unspecified atom stereocenters. The van der Waals surface area contributed by atoms with Crippen LogP contribution in [0.5, 0.6) is 0 Å². The van der Waals surface area contributed by atoms with Crippen LogP contribution in [0.2, 0.25) is 0 Å². The molecule has 5 heteroatoms. The van der Waals surface area contributed by atoms with Gasteiger partial charge in [-0.05, 0) is 18.9 Å². The zero-order chi connectivity index (χ0) is 19.7. The minimum absolute atomic E-state index is 0.0690. The summed E-state index contributed by atoms with van der Waals surface area (Å²) in [5, 5.41) is 29.0. The fourth-order valence-corrected chi connectivity index (χ4v) is 3.50. The number of hydrogen-bond donors (Lipinski definition) is 3. The summed E-state index contributed by atoms with van der Waals surface area (Å²) in [6.07, 6.45) is 17.2. The number of allylic oxidation sites excluding steroid dienone is 1. The molecule has 0 saturated carbocycles. The zero-order valence-electron chi connectivity index (χ0n) is 17.2. The monoisotopic (exact) mass is 386 g/mol. The van der Waals surface area contributed by atoms with Crippen LogP contribution in [0.15, 0.2) is 12.3 Å². The highest BCUT2D eigenvalue weighted by Gasteiger charge is 2.39. The van der Waals surface area contributed by atoms with E-state index in [2.05, 4.69) is 6.92 Å².